The van der Waals surface area contributed by atoms with Crippen molar-refractivity contribution < 1.29 is 14.3 Å². The van der Waals surface area contributed by atoms with Gasteiger partial charge in [0.25, 0.3) is 0 Å². The quantitative estimate of drug-likeness (QED) is 0.465. The molecule has 5 nitrogen and oxygen atoms in total. The van der Waals surface area contributed by atoms with E-state index in [1.54, 1.807) is 12.3 Å². The minimum atomic E-state index is -0.351. The lowest BCUT2D eigenvalue weighted by Crippen LogP contribution is -2.05. The molecule has 3 aromatic rings. The smallest absolute Gasteiger partial charge is 0.341 e. The number of hydrogen-bond donors (Lipinski definition) is 0. The zero-order valence-electron chi connectivity index (χ0n) is 14.6. The Balaban J connectivity index is 1.98. The van der Waals surface area contributed by atoms with Crippen molar-refractivity contribution in [2.45, 2.75) is 19.8 Å². The van der Waals surface area contributed by atoms with Crippen LogP contribution in [0.2, 0.25) is 0 Å². The van der Waals surface area contributed by atoms with Crippen molar-refractivity contribution in [2.75, 3.05) is 13.2 Å². The highest BCUT2D eigenvalue weighted by molar-refractivity contribution is 6.11. The number of allylic oxidation sites excluding steroid dienone is 1. The molecule has 132 valence electrons. The summed E-state index contributed by atoms with van der Waals surface area (Å²) < 4.78 is 12.7. The van der Waals surface area contributed by atoms with Gasteiger partial charge in [0.1, 0.15) is 18.4 Å². The molecule has 1 aromatic carbocycles. The summed E-state index contributed by atoms with van der Waals surface area (Å²) in [5, 5.41) is 9.50. The molecule has 0 atom stereocenters. The number of unbranched alkanes of at least 4 members (excludes halogenated alkanes) is 1. The SMILES string of the molecule is CCC/C=C/COC(=O)c1c2ccccc2n2cc(OCC#N)ccc12. The lowest BCUT2D eigenvalue weighted by Gasteiger charge is -2.05. The van der Waals surface area contributed by atoms with E-state index in [0.717, 1.165) is 29.3 Å². The number of ether oxygens (including phenoxy) is 2. The third-order valence-corrected chi connectivity index (χ3v) is 4.05. The highest BCUT2D eigenvalue weighted by Gasteiger charge is 2.19. The van der Waals surface area contributed by atoms with Crippen LogP contribution >= 0.6 is 0 Å². The fraction of sp³-hybridized carbons (Fsp3) is 0.238. The predicted octanol–water partition coefficient (Wildman–Crippen LogP) is 4.51. The standard InChI is InChI=1S/C21H20N2O3/c1-2-3-4-7-13-26-21(24)20-17-8-5-6-9-18(17)23-15-16(25-14-12-22)10-11-19(20)23/h4-11,15H,2-3,13-14H2,1H3/b7-4+. The van der Waals surface area contributed by atoms with Crippen LogP contribution in [0.25, 0.3) is 16.4 Å². The number of aromatic nitrogens is 1. The Morgan fingerprint density at radius 3 is 2.85 bits per heavy atom. The van der Waals surface area contributed by atoms with E-state index in [4.69, 9.17) is 14.7 Å². The molecule has 0 spiro atoms. The summed E-state index contributed by atoms with van der Waals surface area (Å²) in [7, 11) is 0. The molecule has 3 rings (SSSR count). The minimum Gasteiger partial charge on any atom is -0.477 e. The second-order valence-corrected chi connectivity index (χ2v) is 5.82. The largest absolute Gasteiger partial charge is 0.477 e. The summed E-state index contributed by atoms with van der Waals surface area (Å²) in [6.07, 6.45) is 7.71. The summed E-state index contributed by atoms with van der Waals surface area (Å²) in [6.45, 7) is 2.34. The van der Waals surface area contributed by atoms with Gasteiger partial charge >= 0.3 is 5.97 Å². The van der Waals surface area contributed by atoms with Gasteiger partial charge in [-0.15, -0.1) is 0 Å². The van der Waals surface area contributed by atoms with Gasteiger partial charge in [0, 0.05) is 5.39 Å². The number of pyridine rings is 1. The number of nitrogens with zero attached hydrogens (tertiary/aromatic N) is 2. The molecule has 2 heterocycles. The van der Waals surface area contributed by atoms with Crippen molar-refractivity contribution in [1.82, 2.24) is 4.40 Å². The Labute approximate surface area is 152 Å². The van der Waals surface area contributed by atoms with Gasteiger partial charge in [0.2, 0.25) is 0 Å². The topological polar surface area (TPSA) is 63.7 Å². The molecule has 0 saturated heterocycles. The van der Waals surface area contributed by atoms with E-state index >= 15 is 0 Å². The second-order valence-electron chi connectivity index (χ2n) is 5.82. The lowest BCUT2D eigenvalue weighted by molar-refractivity contribution is 0.0554. The first-order valence-electron chi connectivity index (χ1n) is 8.61. The summed E-state index contributed by atoms with van der Waals surface area (Å²) in [4.78, 5) is 12.7. The molecule has 0 aliphatic rings. The number of carbonyl (C=O) groups is 1. The maximum Gasteiger partial charge on any atom is 0.341 e. The summed E-state index contributed by atoms with van der Waals surface area (Å²) in [6, 6.07) is 13.2. The van der Waals surface area contributed by atoms with Gasteiger partial charge in [0.15, 0.2) is 6.61 Å². The first-order valence-corrected chi connectivity index (χ1v) is 8.61. The van der Waals surface area contributed by atoms with E-state index in [1.807, 2.05) is 53.0 Å². The third kappa shape index (κ3) is 3.55. The number of para-hydroxylation sites is 1. The van der Waals surface area contributed by atoms with Gasteiger partial charge in [0.05, 0.1) is 22.8 Å². The number of fused-ring (bicyclic) bond motifs is 3. The molecular weight excluding hydrogens is 328 g/mol. The number of rotatable bonds is 7. The maximum absolute atomic E-state index is 12.7. The average molecular weight is 348 g/mol. The molecule has 0 unspecified atom stereocenters. The number of hydrogen-bond acceptors (Lipinski definition) is 4. The average Bonchev–Trinajstić information content (AvgIpc) is 3.00. The van der Waals surface area contributed by atoms with Crippen LogP contribution in [0.15, 0.2) is 54.7 Å². The van der Waals surface area contributed by atoms with Crippen molar-refractivity contribution in [3.63, 3.8) is 0 Å². The summed E-state index contributed by atoms with van der Waals surface area (Å²) >= 11 is 0. The molecule has 0 bridgehead atoms. The van der Waals surface area contributed by atoms with E-state index < -0.39 is 0 Å². The Hall–Kier alpha value is -3.26. The molecule has 0 aliphatic heterocycles. The number of benzene rings is 1. The van der Waals surface area contributed by atoms with Crippen LogP contribution < -0.4 is 4.74 Å². The maximum atomic E-state index is 12.7. The van der Waals surface area contributed by atoms with E-state index in [-0.39, 0.29) is 19.2 Å². The Bertz CT molecular complexity index is 996. The minimum absolute atomic E-state index is 0.0241. The van der Waals surface area contributed by atoms with Gasteiger partial charge in [-0.3, -0.25) is 0 Å². The first kappa shape index (κ1) is 17.6. The van der Waals surface area contributed by atoms with Crippen LogP contribution in [0.4, 0.5) is 0 Å². The Morgan fingerprint density at radius 2 is 2.04 bits per heavy atom. The third-order valence-electron chi connectivity index (χ3n) is 4.05. The zero-order valence-corrected chi connectivity index (χ0v) is 14.6. The van der Waals surface area contributed by atoms with Crippen LogP contribution in [-0.2, 0) is 4.74 Å². The van der Waals surface area contributed by atoms with Crippen molar-refractivity contribution in [1.29, 1.82) is 5.26 Å². The van der Waals surface area contributed by atoms with Crippen LogP contribution in [0, 0.1) is 11.3 Å². The number of esters is 1. The Morgan fingerprint density at radius 1 is 1.19 bits per heavy atom. The molecule has 5 heteroatoms. The van der Waals surface area contributed by atoms with Crippen LogP contribution in [0.1, 0.15) is 30.1 Å². The van der Waals surface area contributed by atoms with Gasteiger partial charge < -0.3 is 13.9 Å². The van der Waals surface area contributed by atoms with Crippen molar-refractivity contribution in [3.05, 3.63) is 60.3 Å². The van der Waals surface area contributed by atoms with E-state index in [0.29, 0.717) is 11.3 Å². The van der Waals surface area contributed by atoms with E-state index in [1.165, 1.54) is 0 Å². The molecular formula is C21H20N2O3. The fourth-order valence-corrected chi connectivity index (χ4v) is 2.88. The van der Waals surface area contributed by atoms with E-state index in [2.05, 4.69) is 6.92 Å². The highest BCUT2D eigenvalue weighted by Crippen LogP contribution is 2.29. The zero-order chi connectivity index (χ0) is 18.4. The van der Waals surface area contributed by atoms with Crippen LogP contribution in [0.3, 0.4) is 0 Å². The molecule has 0 radical (unpaired) electrons. The molecule has 0 N–H and O–H groups in total. The van der Waals surface area contributed by atoms with Crippen LogP contribution in [-0.4, -0.2) is 23.6 Å². The number of nitriles is 1. The molecule has 26 heavy (non-hydrogen) atoms. The summed E-state index contributed by atoms with van der Waals surface area (Å²) in [5.74, 6) is 0.220. The van der Waals surface area contributed by atoms with Gasteiger partial charge in [-0.25, -0.2) is 4.79 Å². The summed E-state index contributed by atoms with van der Waals surface area (Å²) in [5.41, 5.74) is 2.17. The molecule has 0 aliphatic carbocycles. The van der Waals surface area contributed by atoms with Gasteiger partial charge in [-0.1, -0.05) is 43.7 Å². The van der Waals surface area contributed by atoms with Gasteiger partial charge in [-0.2, -0.15) is 5.26 Å². The van der Waals surface area contributed by atoms with Crippen LogP contribution in [0.5, 0.6) is 5.75 Å². The van der Waals surface area contributed by atoms with Crippen molar-refractivity contribution >= 4 is 22.4 Å². The highest BCUT2D eigenvalue weighted by atomic mass is 16.5. The monoisotopic (exact) mass is 348 g/mol. The van der Waals surface area contributed by atoms with Crippen molar-refractivity contribution in [2.24, 2.45) is 0 Å². The van der Waals surface area contributed by atoms with Gasteiger partial charge in [-0.05, 0) is 24.6 Å². The molecule has 0 fully saturated rings. The molecule has 0 amide bonds. The predicted molar refractivity (Wildman–Crippen MR) is 100 cm³/mol. The molecule has 2 aromatic heterocycles. The normalized spacial score (nSPS) is 11.1. The lowest BCUT2D eigenvalue weighted by atomic mass is 10.1. The molecule has 0 saturated carbocycles. The van der Waals surface area contributed by atoms with Crippen molar-refractivity contribution in [3.8, 4) is 11.8 Å². The number of carbonyl (C=O) groups excluding carboxylic acids is 1. The second kappa shape index (κ2) is 8.21. The first-order chi connectivity index (χ1) is 12.8. The van der Waals surface area contributed by atoms with E-state index in [9.17, 15) is 4.79 Å². The Kier molecular flexibility index (Phi) is 5.55. The fourth-order valence-electron chi connectivity index (χ4n) is 2.88.